The van der Waals surface area contributed by atoms with Crippen LogP contribution in [0.15, 0.2) is 34.9 Å². The van der Waals surface area contributed by atoms with Gasteiger partial charge in [-0.05, 0) is 38.1 Å². The summed E-state index contributed by atoms with van der Waals surface area (Å²) in [5.74, 6) is -3.07. The first-order valence-corrected chi connectivity index (χ1v) is 7.02. The summed E-state index contributed by atoms with van der Waals surface area (Å²) in [4.78, 5) is 12.1. The molecule has 2 rings (SSSR count). The van der Waals surface area contributed by atoms with E-state index in [1.807, 2.05) is 0 Å². The molecule has 23 heavy (non-hydrogen) atoms. The van der Waals surface area contributed by atoms with E-state index in [0.29, 0.717) is 0 Å². The molecule has 0 bridgehead atoms. The monoisotopic (exact) mass is 325 g/mol. The molecular weight excluding hydrogens is 308 g/mol. The molecule has 0 fully saturated rings. The highest BCUT2D eigenvalue weighted by molar-refractivity contribution is 5.95. The van der Waals surface area contributed by atoms with Gasteiger partial charge in [0.2, 0.25) is 0 Å². The Morgan fingerprint density at radius 3 is 2.74 bits per heavy atom. The number of nitrogens with one attached hydrogen (secondary N) is 1. The first-order valence-electron chi connectivity index (χ1n) is 7.02. The number of ether oxygens (including phenoxy) is 1. The van der Waals surface area contributed by atoms with Crippen LogP contribution in [0.2, 0.25) is 0 Å². The summed E-state index contributed by atoms with van der Waals surface area (Å²) < 4.78 is 38.0. The average Bonchev–Trinajstić information content (AvgIpc) is 3.04. The SMILES string of the molecule is CCOc1ccc(F)c(C(=O)NCC(C)(O)c2ccco2)c1F. The van der Waals surface area contributed by atoms with Gasteiger partial charge in [-0.3, -0.25) is 4.79 Å². The number of benzene rings is 1. The van der Waals surface area contributed by atoms with Crippen LogP contribution in [0, 0.1) is 11.6 Å². The Kier molecular flexibility index (Phi) is 5.00. The van der Waals surface area contributed by atoms with Crippen molar-refractivity contribution in [1.82, 2.24) is 5.32 Å². The molecule has 1 atom stereocenters. The molecule has 5 nitrogen and oxygen atoms in total. The Morgan fingerprint density at radius 1 is 1.39 bits per heavy atom. The molecular formula is C16H17F2NO4. The first kappa shape index (κ1) is 17.0. The molecule has 0 aliphatic carbocycles. The van der Waals surface area contributed by atoms with Gasteiger partial charge in [0.1, 0.15) is 22.7 Å². The van der Waals surface area contributed by atoms with Gasteiger partial charge in [0.25, 0.3) is 5.91 Å². The number of halogens is 2. The van der Waals surface area contributed by atoms with Crippen molar-refractivity contribution in [2.45, 2.75) is 19.4 Å². The van der Waals surface area contributed by atoms with Crippen molar-refractivity contribution in [2.75, 3.05) is 13.2 Å². The zero-order valence-electron chi connectivity index (χ0n) is 12.7. The van der Waals surface area contributed by atoms with Crippen LogP contribution < -0.4 is 10.1 Å². The number of carbonyl (C=O) groups excluding carboxylic acids is 1. The van der Waals surface area contributed by atoms with Crippen LogP contribution in [0.5, 0.6) is 5.75 Å². The lowest BCUT2D eigenvalue weighted by Crippen LogP contribution is -2.39. The first-order chi connectivity index (χ1) is 10.9. The summed E-state index contributed by atoms with van der Waals surface area (Å²) >= 11 is 0. The Hall–Kier alpha value is -2.41. The highest BCUT2D eigenvalue weighted by Crippen LogP contribution is 2.24. The number of rotatable bonds is 6. The number of furan rings is 1. The molecule has 0 saturated heterocycles. The van der Waals surface area contributed by atoms with Crippen molar-refractivity contribution in [1.29, 1.82) is 0 Å². The van der Waals surface area contributed by atoms with Gasteiger partial charge in [-0.2, -0.15) is 0 Å². The molecule has 1 aromatic carbocycles. The third kappa shape index (κ3) is 3.68. The molecule has 1 amide bonds. The molecule has 124 valence electrons. The van der Waals surface area contributed by atoms with Crippen molar-refractivity contribution in [2.24, 2.45) is 0 Å². The van der Waals surface area contributed by atoms with Gasteiger partial charge in [0.05, 0.1) is 19.4 Å². The zero-order chi connectivity index (χ0) is 17.0. The third-order valence-corrected chi connectivity index (χ3v) is 3.23. The summed E-state index contributed by atoms with van der Waals surface area (Å²) in [6.07, 6.45) is 1.37. The topological polar surface area (TPSA) is 71.7 Å². The zero-order valence-corrected chi connectivity index (χ0v) is 12.7. The maximum absolute atomic E-state index is 14.2. The normalized spacial score (nSPS) is 13.4. The van der Waals surface area contributed by atoms with Gasteiger partial charge in [0.15, 0.2) is 11.6 Å². The van der Waals surface area contributed by atoms with Gasteiger partial charge in [-0.15, -0.1) is 0 Å². The second kappa shape index (κ2) is 6.78. The molecule has 2 aromatic rings. The minimum atomic E-state index is -1.51. The minimum Gasteiger partial charge on any atom is -0.491 e. The standard InChI is InChI=1S/C16H17F2NO4/c1-3-22-11-7-6-10(17)13(14(11)18)15(20)19-9-16(2,21)12-5-4-8-23-12/h4-8,21H,3,9H2,1-2H3,(H,19,20). The van der Waals surface area contributed by atoms with Gasteiger partial charge in [-0.1, -0.05) is 0 Å². The predicted molar refractivity (Wildman–Crippen MR) is 78.1 cm³/mol. The maximum atomic E-state index is 14.2. The van der Waals surface area contributed by atoms with Gasteiger partial charge in [0, 0.05) is 0 Å². The second-order valence-corrected chi connectivity index (χ2v) is 5.10. The molecule has 0 aliphatic heterocycles. The van der Waals surface area contributed by atoms with E-state index >= 15 is 0 Å². The Balaban J connectivity index is 2.16. The summed E-state index contributed by atoms with van der Waals surface area (Å²) in [6, 6.07) is 5.18. The number of carbonyl (C=O) groups is 1. The van der Waals surface area contributed by atoms with Crippen LogP contribution >= 0.6 is 0 Å². The summed E-state index contributed by atoms with van der Waals surface area (Å²) in [7, 11) is 0. The fraction of sp³-hybridized carbons (Fsp3) is 0.312. The number of hydrogen-bond donors (Lipinski definition) is 2. The maximum Gasteiger partial charge on any atom is 0.257 e. The van der Waals surface area contributed by atoms with Crippen molar-refractivity contribution in [3.8, 4) is 5.75 Å². The third-order valence-electron chi connectivity index (χ3n) is 3.23. The van der Waals surface area contributed by atoms with Crippen LogP contribution in [0.4, 0.5) is 8.78 Å². The van der Waals surface area contributed by atoms with E-state index in [0.717, 1.165) is 12.1 Å². The van der Waals surface area contributed by atoms with E-state index in [1.165, 1.54) is 19.3 Å². The number of hydrogen-bond acceptors (Lipinski definition) is 4. The molecule has 0 aliphatic rings. The molecule has 1 heterocycles. The lowest BCUT2D eigenvalue weighted by Gasteiger charge is -2.21. The fourth-order valence-electron chi connectivity index (χ4n) is 2.02. The van der Waals surface area contributed by atoms with E-state index < -0.39 is 28.7 Å². The largest absolute Gasteiger partial charge is 0.491 e. The van der Waals surface area contributed by atoms with Crippen molar-refractivity contribution in [3.05, 3.63) is 53.5 Å². The Bertz CT molecular complexity index is 684. The van der Waals surface area contributed by atoms with E-state index in [1.54, 1.807) is 13.0 Å². The molecule has 0 spiro atoms. The quantitative estimate of drug-likeness (QED) is 0.856. The Morgan fingerprint density at radius 2 is 2.13 bits per heavy atom. The highest BCUT2D eigenvalue weighted by atomic mass is 19.1. The predicted octanol–water partition coefficient (Wildman–Crippen LogP) is 2.59. The lowest BCUT2D eigenvalue weighted by molar-refractivity contribution is 0.0328. The van der Waals surface area contributed by atoms with Crippen LogP contribution in [0.3, 0.4) is 0 Å². The molecule has 2 N–H and O–H groups in total. The smallest absolute Gasteiger partial charge is 0.257 e. The van der Waals surface area contributed by atoms with E-state index in [2.05, 4.69) is 5.32 Å². The molecule has 1 unspecified atom stereocenters. The summed E-state index contributed by atoms with van der Waals surface area (Å²) in [6.45, 7) is 2.95. The van der Waals surface area contributed by atoms with Crippen LogP contribution in [0.1, 0.15) is 30.0 Å². The van der Waals surface area contributed by atoms with Crippen LogP contribution in [-0.4, -0.2) is 24.2 Å². The summed E-state index contributed by atoms with van der Waals surface area (Å²) in [5.41, 5.74) is -2.27. The van der Waals surface area contributed by atoms with E-state index in [9.17, 15) is 18.7 Å². The minimum absolute atomic E-state index is 0.177. The van der Waals surface area contributed by atoms with Gasteiger partial charge in [-0.25, -0.2) is 8.78 Å². The molecule has 1 aromatic heterocycles. The van der Waals surface area contributed by atoms with Gasteiger partial charge < -0.3 is 19.6 Å². The number of aliphatic hydroxyl groups is 1. The summed E-state index contributed by atoms with van der Waals surface area (Å²) in [5, 5.41) is 12.5. The highest BCUT2D eigenvalue weighted by Gasteiger charge is 2.29. The molecule has 7 heteroatoms. The second-order valence-electron chi connectivity index (χ2n) is 5.10. The van der Waals surface area contributed by atoms with Crippen molar-refractivity contribution < 1.29 is 27.8 Å². The molecule has 0 radical (unpaired) electrons. The Labute approximate surface area is 131 Å². The fourth-order valence-corrected chi connectivity index (χ4v) is 2.02. The van der Waals surface area contributed by atoms with Crippen molar-refractivity contribution >= 4 is 5.91 Å². The van der Waals surface area contributed by atoms with Crippen LogP contribution in [0.25, 0.3) is 0 Å². The van der Waals surface area contributed by atoms with Crippen molar-refractivity contribution in [3.63, 3.8) is 0 Å². The lowest BCUT2D eigenvalue weighted by atomic mass is 10.0. The molecule has 0 saturated carbocycles. The van der Waals surface area contributed by atoms with Gasteiger partial charge >= 0.3 is 0 Å². The number of amides is 1. The average molecular weight is 325 g/mol. The van der Waals surface area contributed by atoms with E-state index in [-0.39, 0.29) is 24.7 Å². The van der Waals surface area contributed by atoms with E-state index in [4.69, 9.17) is 9.15 Å². The van der Waals surface area contributed by atoms with Crippen LogP contribution in [-0.2, 0) is 5.60 Å².